The van der Waals surface area contributed by atoms with Gasteiger partial charge in [-0.2, -0.15) is 0 Å². The number of phenols is 1. The average molecular weight is 261 g/mol. The third-order valence-corrected chi connectivity index (χ3v) is 2.25. The standard InChI is InChI=1S/C11H10Cl2O3/c1-2-16-10(14)4-3-7-5-8(12)6-9(13)11(7)15/h3-6,15H,2H2,1H3/b4-3+. The molecule has 3 nitrogen and oxygen atoms in total. The van der Waals surface area contributed by atoms with Crippen molar-refractivity contribution in [2.75, 3.05) is 6.61 Å². The number of aromatic hydroxyl groups is 1. The summed E-state index contributed by atoms with van der Waals surface area (Å²) in [5.74, 6) is -0.607. The lowest BCUT2D eigenvalue weighted by Gasteiger charge is -2.02. The molecule has 0 amide bonds. The molecule has 86 valence electrons. The van der Waals surface area contributed by atoms with Crippen molar-refractivity contribution in [3.8, 4) is 5.75 Å². The van der Waals surface area contributed by atoms with Gasteiger partial charge in [0, 0.05) is 16.7 Å². The number of esters is 1. The predicted molar refractivity (Wildman–Crippen MR) is 63.8 cm³/mol. The first-order valence-corrected chi connectivity index (χ1v) is 5.33. The summed E-state index contributed by atoms with van der Waals surface area (Å²) in [6.07, 6.45) is 2.59. The molecule has 1 N–H and O–H groups in total. The monoisotopic (exact) mass is 260 g/mol. The van der Waals surface area contributed by atoms with Crippen molar-refractivity contribution in [3.63, 3.8) is 0 Å². The second-order valence-corrected chi connectivity index (χ2v) is 3.75. The zero-order chi connectivity index (χ0) is 12.1. The van der Waals surface area contributed by atoms with Gasteiger partial charge in [0.05, 0.1) is 11.6 Å². The zero-order valence-electron chi connectivity index (χ0n) is 8.54. The minimum absolute atomic E-state index is 0.119. The van der Waals surface area contributed by atoms with Crippen LogP contribution >= 0.6 is 23.2 Å². The first-order chi connectivity index (χ1) is 7.54. The van der Waals surface area contributed by atoms with Crippen LogP contribution in [-0.4, -0.2) is 17.7 Å². The van der Waals surface area contributed by atoms with Crippen LogP contribution in [0, 0.1) is 0 Å². The Hall–Kier alpha value is -1.19. The van der Waals surface area contributed by atoms with E-state index in [-0.39, 0.29) is 10.8 Å². The highest BCUT2D eigenvalue weighted by Gasteiger charge is 2.05. The van der Waals surface area contributed by atoms with Gasteiger partial charge in [0.2, 0.25) is 0 Å². The number of hydrogen-bond acceptors (Lipinski definition) is 3. The van der Waals surface area contributed by atoms with Gasteiger partial charge < -0.3 is 9.84 Å². The molecule has 16 heavy (non-hydrogen) atoms. The van der Waals surface area contributed by atoms with Gasteiger partial charge in [-0.1, -0.05) is 23.2 Å². The minimum Gasteiger partial charge on any atom is -0.506 e. The zero-order valence-corrected chi connectivity index (χ0v) is 10.0. The molecule has 5 heteroatoms. The van der Waals surface area contributed by atoms with Gasteiger partial charge in [0.15, 0.2) is 0 Å². The van der Waals surface area contributed by atoms with Gasteiger partial charge in [-0.15, -0.1) is 0 Å². The molecule has 1 aromatic rings. The van der Waals surface area contributed by atoms with Crippen LogP contribution in [0.2, 0.25) is 10.0 Å². The fraction of sp³-hybridized carbons (Fsp3) is 0.182. The van der Waals surface area contributed by atoms with Crippen molar-refractivity contribution < 1.29 is 14.6 Å². The molecular formula is C11H10Cl2O3. The van der Waals surface area contributed by atoms with Gasteiger partial charge in [-0.05, 0) is 25.1 Å². The van der Waals surface area contributed by atoms with E-state index in [1.54, 1.807) is 6.92 Å². The molecule has 1 aromatic carbocycles. The van der Waals surface area contributed by atoms with Crippen LogP contribution in [0.3, 0.4) is 0 Å². The molecule has 0 aliphatic heterocycles. The molecule has 0 heterocycles. The summed E-state index contributed by atoms with van der Waals surface area (Å²) >= 11 is 11.5. The van der Waals surface area contributed by atoms with Crippen LogP contribution in [0.1, 0.15) is 12.5 Å². The number of benzene rings is 1. The number of rotatable bonds is 3. The lowest BCUT2D eigenvalue weighted by atomic mass is 10.2. The first kappa shape index (κ1) is 12.9. The molecule has 0 spiro atoms. The van der Waals surface area contributed by atoms with Crippen molar-refractivity contribution in [3.05, 3.63) is 33.8 Å². The van der Waals surface area contributed by atoms with Crippen molar-refractivity contribution in [2.24, 2.45) is 0 Å². The average Bonchev–Trinajstić information content (AvgIpc) is 2.21. The maximum absolute atomic E-state index is 11.0. The first-order valence-electron chi connectivity index (χ1n) is 4.57. The van der Waals surface area contributed by atoms with Crippen molar-refractivity contribution in [1.29, 1.82) is 0 Å². The molecule has 0 aliphatic carbocycles. The fourth-order valence-corrected chi connectivity index (χ4v) is 1.57. The lowest BCUT2D eigenvalue weighted by molar-refractivity contribution is -0.137. The summed E-state index contributed by atoms with van der Waals surface area (Å²) in [6.45, 7) is 2.00. The summed E-state index contributed by atoms with van der Waals surface area (Å²) in [5, 5.41) is 10.1. The molecule has 0 fully saturated rings. The Bertz CT molecular complexity index is 427. The van der Waals surface area contributed by atoms with E-state index < -0.39 is 5.97 Å². The summed E-state index contributed by atoms with van der Waals surface area (Å²) in [5.41, 5.74) is 0.366. The second kappa shape index (κ2) is 5.77. The highest BCUT2D eigenvalue weighted by molar-refractivity contribution is 6.35. The second-order valence-electron chi connectivity index (χ2n) is 2.91. The number of hydrogen-bond donors (Lipinski definition) is 1. The molecule has 0 saturated carbocycles. The maximum Gasteiger partial charge on any atom is 0.330 e. The van der Waals surface area contributed by atoms with Crippen LogP contribution in [0.4, 0.5) is 0 Å². The van der Waals surface area contributed by atoms with Gasteiger partial charge in [0.1, 0.15) is 5.75 Å². The van der Waals surface area contributed by atoms with Crippen LogP contribution < -0.4 is 0 Å². The largest absolute Gasteiger partial charge is 0.506 e. The summed E-state index contributed by atoms with van der Waals surface area (Å²) < 4.78 is 4.69. The molecule has 1 rings (SSSR count). The quantitative estimate of drug-likeness (QED) is 0.670. The van der Waals surface area contributed by atoms with E-state index in [0.29, 0.717) is 17.2 Å². The topological polar surface area (TPSA) is 46.5 Å². The molecule has 0 aromatic heterocycles. The normalized spacial score (nSPS) is 10.7. The highest BCUT2D eigenvalue weighted by atomic mass is 35.5. The third kappa shape index (κ3) is 3.43. The highest BCUT2D eigenvalue weighted by Crippen LogP contribution is 2.31. The Balaban J connectivity index is 2.93. The van der Waals surface area contributed by atoms with Crippen molar-refractivity contribution in [2.45, 2.75) is 6.92 Å². The lowest BCUT2D eigenvalue weighted by Crippen LogP contribution is -1.98. The van der Waals surface area contributed by atoms with E-state index in [4.69, 9.17) is 27.9 Å². The third-order valence-electron chi connectivity index (χ3n) is 1.74. The van der Waals surface area contributed by atoms with E-state index in [1.165, 1.54) is 24.3 Å². The molecule has 0 atom stereocenters. The van der Waals surface area contributed by atoms with E-state index in [0.717, 1.165) is 0 Å². The van der Waals surface area contributed by atoms with Crippen molar-refractivity contribution >= 4 is 35.2 Å². The molecule has 0 radical (unpaired) electrons. The fourth-order valence-electron chi connectivity index (χ4n) is 1.06. The predicted octanol–water partition coefficient (Wildman–Crippen LogP) is 3.28. The maximum atomic E-state index is 11.0. The molecule has 0 unspecified atom stereocenters. The molecule has 0 bridgehead atoms. The Morgan fingerprint density at radius 2 is 2.19 bits per heavy atom. The Kier molecular flexibility index (Phi) is 4.65. The number of phenolic OH excluding ortho intramolecular Hbond substituents is 1. The summed E-state index contributed by atoms with van der Waals surface area (Å²) in [6, 6.07) is 2.92. The number of carbonyl (C=O) groups is 1. The molecule has 0 saturated heterocycles. The van der Waals surface area contributed by atoms with Gasteiger partial charge in [-0.3, -0.25) is 0 Å². The van der Waals surface area contributed by atoms with Gasteiger partial charge in [0.25, 0.3) is 0 Å². The SMILES string of the molecule is CCOC(=O)/C=C/c1cc(Cl)cc(Cl)c1O. The van der Waals surface area contributed by atoms with Crippen molar-refractivity contribution in [1.82, 2.24) is 0 Å². The van der Waals surface area contributed by atoms with E-state index in [2.05, 4.69) is 0 Å². The minimum atomic E-state index is -0.488. The molecular weight excluding hydrogens is 251 g/mol. The van der Waals surface area contributed by atoms with E-state index in [1.807, 2.05) is 0 Å². The summed E-state index contributed by atoms with van der Waals surface area (Å²) in [4.78, 5) is 11.0. The van der Waals surface area contributed by atoms with Gasteiger partial charge in [-0.25, -0.2) is 4.79 Å². The Labute approximate surface area is 103 Å². The number of ether oxygens (including phenoxy) is 1. The van der Waals surface area contributed by atoms with Crippen LogP contribution in [0.15, 0.2) is 18.2 Å². The van der Waals surface area contributed by atoms with Crippen LogP contribution in [0.5, 0.6) is 5.75 Å². The van der Waals surface area contributed by atoms with Gasteiger partial charge >= 0.3 is 5.97 Å². The Morgan fingerprint density at radius 3 is 2.81 bits per heavy atom. The Morgan fingerprint density at radius 1 is 1.50 bits per heavy atom. The number of carbonyl (C=O) groups excluding carboxylic acids is 1. The number of halogens is 2. The van der Waals surface area contributed by atoms with E-state index in [9.17, 15) is 9.90 Å². The smallest absolute Gasteiger partial charge is 0.330 e. The molecule has 0 aliphatic rings. The van der Waals surface area contributed by atoms with E-state index >= 15 is 0 Å². The van der Waals surface area contributed by atoms with Crippen LogP contribution in [0.25, 0.3) is 6.08 Å². The van der Waals surface area contributed by atoms with Crippen LogP contribution in [-0.2, 0) is 9.53 Å². The summed E-state index contributed by atoms with van der Waals surface area (Å²) in [7, 11) is 0.